The van der Waals surface area contributed by atoms with Crippen molar-refractivity contribution in [1.82, 2.24) is 0 Å². The molecule has 0 N–H and O–H groups in total. The number of sulfone groups is 1. The first-order valence-corrected chi connectivity index (χ1v) is 7.37. The molecule has 0 spiro atoms. The summed E-state index contributed by atoms with van der Waals surface area (Å²) in [6.07, 6.45) is 0. The second kappa shape index (κ2) is 3.45. The maximum atomic E-state index is 12.3. The van der Waals surface area contributed by atoms with E-state index in [2.05, 4.69) is 13.8 Å². The fourth-order valence-corrected chi connectivity index (χ4v) is 3.67. The van der Waals surface area contributed by atoms with E-state index in [9.17, 15) is 8.42 Å². The van der Waals surface area contributed by atoms with Gasteiger partial charge in [-0.25, -0.2) is 8.42 Å². The molecule has 2 nitrogen and oxygen atoms in total. The van der Waals surface area contributed by atoms with E-state index in [1.165, 1.54) is 0 Å². The van der Waals surface area contributed by atoms with Crippen molar-refractivity contribution in [1.29, 1.82) is 0 Å². The Hall–Kier alpha value is -1.61. The first kappa shape index (κ1) is 11.5. The zero-order valence-corrected chi connectivity index (χ0v) is 11.2. The van der Waals surface area contributed by atoms with Crippen LogP contribution in [0.5, 0.6) is 0 Å². The van der Waals surface area contributed by atoms with Gasteiger partial charge in [-0.3, -0.25) is 0 Å². The molecule has 2 aromatic carbocycles. The first-order valence-electron chi connectivity index (χ1n) is 5.88. The minimum absolute atomic E-state index is 0.113. The highest BCUT2D eigenvalue weighted by Gasteiger charge is 2.27. The second-order valence-electron chi connectivity index (χ2n) is 5.18. The van der Waals surface area contributed by atoms with Crippen molar-refractivity contribution in [2.75, 3.05) is 0 Å². The third-order valence-corrected chi connectivity index (χ3v) is 5.56. The third kappa shape index (κ3) is 1.44. The van der Waals surface area contributed by atoms with E-state index >= 15 is 0 Å². The molecule has 0 saturated carbocycles. The highest BCUT2D eigenvalue weighted by molar-refractivity contribution is 7.91. The summed E-state index contributed by atoms with van der Waals surface area (Å²) in [7, 11) is -3.37. The molecule has 2 aromatic rings. The minimum Gasteiger partial charge on any atom is -0.219 e. The summed E-state index contributed by atoms with van der Waals surface area (Å²) in [5.74, 6) is 0. The standard InChI is InChI=1S/C15H14O2S/c1-15(2)11-3-7-13(8-4-11)18(16,17)14-9-5-12(15)6-10-14/h3-10H,1-2H3. The SMILES string of the molecule is CC1(C)c2ccc(cc2)S(=O)(=O)c2ccc1cc2. The maximum absolute atomic E-state index is 12.3. The molecule has 92 valence electrons. The van der Waals surface area contributed by atoms with Crippen LogP contribution in [0.2, 0.25) is 0 Å². The van der Waals surface area contributed by atoms with Crippen molar-refractivity contribution in [2.45, 2.75) is 29.1 Å². The molecule has 4 aliphatic rings. The van der Waals surface area contributed by atoms with Gasteiger partial charge in [-0.2, -0.15) is 0 Å². The monoisotopic (exact) mass is 258 g/mol. The van der Waals surface area contributed by atoms with Gasteiger partial charge in [0, 0.05) is 5.41 Å². The lowest BCUT2D eigenvalue weighted by Crippen LogP contribution is -2.20. The zero-order chi connectivity index (χ0) is 13.0. The largest absolute Gasteiger partial charge is 0.219 e. The molecule has 0 aliphatic carbocycles. The van der Waals surface area contributed by atoms with E-state index in [0.717, 1.165) is 11.1 Å². The van der Waals surface area contributed by atoms with Crippen LogP contribution in [0, 0.1) is 0 Å². The van der Waals surface area contributed by atoms with Crippen LogP contribution in [0.4, 0.5) is 0 Å². The predicted octanol–water partition coefficient (Wildman–Crippen LogP) is 3.16. The molecule has 3 heteroatoms. The molecular formula is C15H14O2S. The van der Waals surface area contributed by atoms with E-state index < -0.39 is 9.84 Å². The normalized spacial score (nSPS) is 18.8. The summed E-state index contributed by atoms with van der Waals surface area (Å²) in [5.41, 5.74) is 2.13. The fraction of sp³-hybridized carbons (Fsp3) is 0.200. The Labute approximate surface area is 107 Å². The van der Waals surface area contributed by atoms with Crippen molar-refractivity contribution in [3.05, 3.63) is 59.7 Å². The lowest BCUT2D eigenvalue weighted by molar-refractivity contribution is 0.593. The second-order valence-corrected chi connectivity index (χ2v) is 7.13. The number of rotatable bonds is 0. The molecule has 6 rings (SSSR count). The van der Waals surface area contributed by atoms with Gasteiger partial charge in [-0.1, -0.05) is 38.1 Å². The Bertz CT molecular complexity index is 638. The van der Waals surface area contributed by atoms with Crippen LogP contribution in [0.3, 0.4) is 0 Å². The van der Waals surface area contributed by atoms with Crippen molar-refractivity contribution in [2.24, 2.45) is 0 Å². The van der Waals surface area contributed by atoms with Crippen LogP contribution >= 0.6 is 0 Å². The van der Waals surface area contributed by atoms with Gasteiger partial charge in [0.25, 0.3) is 0 Å². The fourth-order valence-electron chi connectivity index (χ4n) is 2.40. The Balaban J connectivity index is 2.43. The van der Waals surface area contributed by atoms with E-state index in [0.29, 0.717) is 9.79 Å². The highest BCUT2D eigenvalue weighted by Crippen LogP contribution is 2.35. The van der Waals surface area contributed by atoms with Crippen molar-refractivity contribution >= 4 is 9.84 Å². The molecule has 4 aliphatic heterocycles. The summed E-state index contributed by atoms with van der Waals surface area (Å²) < 4.78 is 24.7. The van der Waals surface area contributed by atoms with Crippen molar-refractivity contribution < 1.29 is 8.42 Å². The van der Waals surface area contributed by atoms with E-state index in [1.807, 2.05) is 24.3 Å². The van der Waals surface area contributed by atoms with Crippen LogP contribution in [0.15, 0.2) is 58.3 Å². The summed E-state index contributed by atoms with van der Waals surface area (Å²) >= 11 is 0. The molecule has 18 heavy (non-hydrogen) atoms. The van der Waals surface area contributed by atoms with Gasteiger partial charge < -0.3 is 0 Å². The molecule has 0 unspecified atom stereocenters. The Kier molecular flexibility index (Phi) is 2.20. The Morgan fingerprint density at radius 2 is 1.06 bits per heavy atom. The maximum Gasteiger partial charge on any atom is 0.206 e. The average Bonchev–Trinajstić information content (AvgIpc) is 2.38. The molecule has 4 heterocycles. The van der Waals surface area contributed by atoms with Gasteiger partial charge >= 0.3 is 0 Å². The van der Waals surface area contributed by atoms with Gasteiger partial charge in [0.2, 0.25) is 9.84 Å². The quantitative estimate of drug-likeness (QED) is 0.727. The van der Waals surface area contributed by atoms with Crippen molar-refractivity contribution in [3.8, 4) is 0 Å². The molecule has 0 amide bonds. The van der Waals surface area contributed by atoms with Crippen molar-refractivity contribution in [3.63, 3.8) is 0 Å². The zero-order valence-electron chi connectivity index (χ0n) is 10.3. The highest BCUT2D eigenvalue weighted by atomic mass is 32.2. The lowest BCUT2D eigenvalue weighted by atomic mass is 9.78. The van der Waals surface area contributed by atoms with Crippen LogP contribution in [0.25, 0.3) is 0 Å². The molecule has 0 radical (unpaired) electrons. The molecule has 0 atom stereocenters. The van der Waals surface area contributed by atoms with Crippen LogP contribution in [-0.4, -0.2) is 8.42 Å². The number of hydrogen-bond acceptors (Lipinski definition) is 2. The third-order valence-electron chi connectivity index (χ3n) is 3.77. The van der Waals surface area contributed by atoms with Crippen LogP contribution < -0.4 is 0 Å². The number of hydrogen-bond donors (Lipinski definition) is 0. The van der Waals surface area contributed by atoms with Gasteiger partial charge in [-0.05, 0) is 35.4 Å². The summed E-state index contributed by atoms with van der Waals surface area (Å²) in [5, 5.41) is 0. The van der Waals surface area contributed by atoms with E-state index in [1.54, 1.807) is 24.3 Å². The lowest BCUT2D eigenvalue weighted by Gasteiger charge is -2.27. The molecular weight excluding hydrogens is 244 g/mol. The van der Waals surface area contributed by atoms with Gasteiger partial charge in [0.15, 0.2) is 0 Å². The minimum atomic E-state index is -3.37. The van der Waals surface area contributed by atoms with Crippen LogP contribution in [0.1, 0.15) is 25.0 Å². The Morgan fingerprint density at radius 3 is 1.39 bits per heavy atom. The molecule has 4 bridgehead atoms. The summed E-state index contributed by atoms with van der Waals surface area (Å²) in [6, 6.07) is 14.4. The topological polar surface area (TPSA) is 34.1 Å². The predicted molar refractivity (Wildman–Crippen MR) is 70.5 cm³/mol. The van der Waals surface area contributed by atoms with E-state index in [4.69, 9.17) is 0 Å². The summed E-state index contributed by atoms with van der Waals surface area (Å²) in [4.78, 5) is 0.716. The van der Waals surface area contributed by atoms with E-state index in [-0.39, 0.29) is 5.41 Å². The van der Waals surface area contributed by atoms with Gasteiger partial charge in [0.05, 0.1) is 9.79 Å². The van der Waals surface area contributed by atoms with Gasteiger partial charge in [0.1, 0.15) is 0 Å². The Morgan fingerprint density at radius 1 is 0.722 bits per heavy atom. The van der Waals surface area contributed by atoms with Gasteiger partial charge in [-0.15, -0.1) is 0 Å². The smallest absolute Gasteiger partial charge is 0.206 e. The first-order chi connectivity index (χ1) is 8.42. The summed E-state index contributed by atoms with van der Waals surface area (Å²) in [6.45, 7) is 4.29. The average molecular weight is 258 g/mol. The molecule has 0 fully saturated rings. The molecule has 0 aromatic heterocycles. The number of benzene rings is 2. The van der Waals surface area contributed by atoms with Crippen LogP contribution in [-0.2, 0) is 15.3 Å². The molecule has 0 saturated heterocycles.